The average molecular weight is 166 g/mol. The van der Waals surface area contributed by atoms with Gasteiger partial charge in [-0.3, -0.25) is 0 Å². The fourth-order valence-corrected chi connectivity index (χ4v) is 3.49. The minimum Gasteiger partial charge on any atom is -0.369 e. The minimum atomic E-state index is 0.650. The van der Waals surface area contributed by atoms with Crippen molar-refractivity contribution in [3.63, 3.8) is 0 Å². The van der Waals surface area contributed by atoms with Crippen molar-refractivity contribution < 1.29 is 4.74 Å². The number of ether oxygens (including phenoxy) is 1. The lowest BCUT2D eigenvalue weighted by Gasteiger charge is -2.39. The second-order valence-electron chi connectivity index (χ2n) is 4.80. The standard InChI is InChI=1S/C11H18O/c1-2-10-11(12-10)9-6-7-4-3-5-8(7)9/h7-11H,2-6H2,1H3/t7?,8?,9-,10?,11?/m1/s1. The van der Waals surface area contributed by atoms with Crippen LogP contribution in [-0.4, -0.2) is 12.2 Å². The predicted molar refractivity (Wildman–Crippen MR) is 47.9 cm³/mol. The van der Waals surface area contributed by atoms with Gasteiger partial charge in [-0.05, 0) is 37.0 Å². The van der Waals surface area contributed by atoms with Crippen molar-refractivity contribution in [1.29, 1.82) is 0 Å². The Kier molecular flexibility index (Phi) is 1.52. The molecule has 0 spiro atoms. The number of rotatable bonds is 2. The highest BCUT2D eigenvalue weighted by Gasteiger charge is 2.55. The Balaban J connectivity index is 1.60. The van der Waals surface area contributed by atoms with E-state index < -0.39 is 0 Å². The molecule has 0 amide bonds. The second kappa shape index (κ2) is 2.47. The topological polar surface area (TPSA) is 12.5 Å². The van der Waals surface area contributed by atoms with Gasteiger partial charge >= 0.3 is 0 Å². The van der Waals surface area contributed by atoms with E-state index in [2.05, 4.69) is 6.92 Å². The zero-order chi connectivity index (χ0) is 8.13. The number of fused-ring (bicyclic) bond motifs is 1. The van der Waals surface area contributed by atoms with Gasteiger partial charge in [0, 0.05) is 0 Å². The van der Waals surface area contributed by atoms with Gasteiger partial charge in [0.2, 0.25) is 0 Å². The highest BCUT2D eigenvalue weighted by molar-refractivity contribution is 5.03. The molecular weight excluding hydrogens is 148 g/mol. The Morgan fingerprint density at radius 3 is 2.83 bits per heavy atom. The maximum absolute atomic E-state index is 5.68. The van der Waals surface area contributed by atoms with Gasteiger partial charge in [0.25, 0.3) is 0 Å². The van der Waals surface area contributed by atoms with Crippen LogP contribution in [0.25, 0.3) is 0 Å². The van der Waals surface area contributed by atoms with Crippen LogP contribution < -0.4 is 0 Å². The fourth-order valence-electron chi connectivity index (χ4n) is 3.49. The van der Waals surface area contributed by atoms with E-state index >= 15 is 0 Å². The summed E-state index contributed by atoms with van der Waals surface area (Å²) in [4.78, 5) is 0. The Labute approximate surface area is 74.5 Å². The van der Waals surface area contributed by atoms with E-state index in [0.29, 0.717) is 12.2 Å². The molecule has 0 aromatic rings. The molecule has 12 heavy (non-hydrogen) atoms. The molecule has 3 fully saturated rings. The van der Waals surface area contributed by atoms with Gasteiger partial charge in [0.15, 0.2) is 0 Å². The van der Waals surface area contributed by atoms with Crippen molar-refractivity contribution in [3.8, 4) is 0 Å². The summed E-state index contributed by atoms with van der Waals surface area (Å²) in [5.41, 5.74) is 0. The Morgan fingerprint density at radius 1 is 1.25 bits per heavy atom. The number of hydrogen-bond donors (Lipinski definition) is 0. The Morgan fingerprint density at radius 2 is 2.17 bits per heavy atom. The molecule has 68 valence electrons. The summed E-state index contributed by atoms with van der Waals surface area (Å²) in [5.74, 6) is 3.16. The molecule has 0 N–H and O–H groups in total. The summed E-state index contributed by atoms with van der Waals surface area (Å²) < 4.78 is 5.68. The molecule has 0 bridgehead atoms. The third kappa shape index (κ3) is 0.891. The van der Waals surface area contributed by atoms with Gasteiger partial charge in [-0.2, -0.15) is 0 Å². The van der Waals surface area contributed by atoms with Crippen molar-refractivity contribution in [3.05, 3.63) is 0 Å². The number of hydrogen-bond acceptors (Lipinski definition) is 1. The molecule has 4 unspecified atom stereocenters. The van der Waals surface area contributed by atoms with Gasteiger partial charge in [0.05, 0.1) is 12.2 Å². The smallest absolute Gasteiger partial charge is 0.0872 e. The number of epoxide rings is 1. The molecule has 5 atom stereocenters. The van der Waals surface area contributed by atoms with E-state index in [1.54, 1.807) is 0 Å². The lowest BCUT2D eigenvalue weighted by Crippen LogP contribution is -2.36. The molecular formula is C11H18O. The fraction of sp³-hybridized carbons (Fsp3) is 1.00. The molecule has 1 heteroatoms. The monoisotopic (exact) mass is 166 g/mol. The van der Waals surface area contributed by atoms with Crippen molar-refractivity contribution in [2.24, 2.45) is 17.8 Å². The first kappa shape index (κ1) is 7.37. The van der Waals surface area contributed by atoms with Crippen LogP contribution in [0.1, 0.15) is 39.0 Å². The summed E-state index contributed by atoms with van der Waals surface area (Å²) in [5, 5.41) is 0. The third-order valence-corrected chi connectivity index (χ3v) is 4.29. The van der Waals surface area contributed by atoms with Gasteiger partial charge in [0.1, 0.15) is 0 Å². The quantitative estimate of drug-likeness (QED) is 0.574. The highest BCUT2D eigenvalue weighted by atomic mass is 16.6. The molecule has 0 aromatic heterocycles. The molecule has 3 rings (SSSR count). The van der Waals surface area contributed by atoms with Crippen LogP contribution in [0.2, 0.25) is 0 Å². The SMILES string of the molecule is CCC1OC1[C@@H]1CC2CCCC21. The summed E-state index contributed by atoms with van der Waals surface area (Å²) >= 11 is 0. The van der Waals surface area contributed by atoms with Crippen LogP contribution in [0.3, 0.4) is 0 Å². The van der Waals surface area contributed by atoms with Gasteiger partial charge in [-0.25, -0.2) is 0 Å². The Bertz CT molecular complexity index is 189. The first-order chi connectivity index (χ1) is 5.90. The highest BCUT2D eigenvalue weighted by Crippen LogP contribution is 2.56. The van der Waals surface area contributed by atoms with Crippen LogP contribution in [-0.2, 0) is 4.74 Å². The maximum atomic E-state index is 5.68. The molecule has 1 aliphatic heterocycles. The minimum absolute atomic E-state index is 0.650. The zero-order valence-corrected chi connectivity index (χ0v) is 7.83. The molecule has 0 aromatic carbocycles. The van der Waals surface area contributed by atoms with E-state index in [9.17, 15) is 0 Å². The lowest BCUT2D eigenvalue weighted by atomic mass is 9.65. The molecule has 0 radical (unpaired) electrons. The van der Waals surface area contributed by atoms with Crippen LogP contribution in [0.4, 0.5) is 0 Å². The van der Waals surface area contributed by atoms with Crippen molar-refractivity contribution in [2.75, 3.05) is 0 Å². The molecule has 2 saturated carbocycles. The molecule has 1 heterocycles. The third-order valence-electron chi connectivity index (χ3n) is 4.29. The van der Waals surface area contributed by atoms with E-state index in [1.807, 2.05) is 0 Å². The summed E-state index contributed by atoms with van der Waals surface area (Å²) in [6.07, 6.45) is 8.58. The largest absolute Gasteiger partial charge is 0.369 e. The van der Waals surface area contributed by atoms with Gasteiger partial charge in [-0.1, -0.05) is 19.8 Å². The first-order valence-corrected chi connectivity index (χ1v) is 5.55. The van der Waals surface area contributed by atoms with Gasteiger partial charge < -0.3 is 4.74 Å². The van der Waals surface area contributed by atoms with Crippen LogP contribution in [0.15, 0.2) is 0 Å². The molecule has 3 aliphatic rings. The van der Waals surface area contributed by atoms with Gasteiger partial charge in [-0.15, -0.1) is 0 Å². The van der Waals surface area contributed by atoms with Crippen LogP contribution in [0, 0.1) is 17.8 Å². The molecule has 2 aliphatic carbocycles. The lowest BCUT2D eigenvalue weighted by molar-refractivity contribution is 0.0744. The Hall–Kier alpha value is -0.0400. The van der Waals surface area contributed by atoms with E-state index in [4.69, 9.17) is 4.74 Å². The second-order valence-corrected chi connectivity index (χ2v) is 4.80. The molecule has 1 nitrogen and oxygen atoms in total. The van der Waals surface area contributed by atoms with Crippen molar-refractivity contribution in [2.45, 2.75) is 51.2 Å². The first-order valence-electron chi connectivity index (χ1n) is 5.55. The van der Waals surface area contributed by atoms with E-state index in [0.717, 1.165) is 17.8 Å². The average Bonchev–Trinajstić information content (AvgIpc) is 2.72. The molecule has 1 saturated heterocycles. The van der Waals surface area contributed by atoms with E-state index in [1.165, 1.54) is 32.1 Å². The summed E-state index contributed by atoms with van der Waals surface area (Å²) in [7, 11) is 0. The van der Waals surface area contributed by atoms with Crippen LogP contribution in [0.5, 0.6) is 0 Å². The van der Waals surface area contributed by atoms with Crippen molar-refractivity contribution in [1.82, 2.24) is 0 Å². The normalized spacial score (nSPS) is 56.2. The summed E-state index contributed by atoms with van der Waals surface area (Å²) in [6, 6.07) is 0. The zero-order valence-electron chi connectivity index (χ0n) is 7.83. The maximum Gasteiger partial charge on any atom is 0.0872 e. The van der Waals surface area contributed by atoms with Crippen molar-refractivity contribution >= 4 is 0 Å². The summed E-state index contributed by atoms with van der Waals surface area (Å²) in [6.45, 7) is 2.25. The van der Waals surface area contributed by atoms with E-state index in [-0.39, 0.29) is 0 Å². The predicted octanol–water partition coefficient (Wildman–Crippen LogP) is 2.60. The van der Waals surface area contributed by atoms with Crippen LogP contribution >= 0.6 is 0 Å².